The van der Waals surface area contributed by atoms with Crippen LogP contribution in [0.2, 0.25) is 0 Å². The number of hydrogen-bond acceptors (Lipinski definition) is 4. The van der Waals surface area contributed by atoms with Crippen molar-refractivity contribution in [1.82, 2.24) is 5.32 Å². The molecule has 0 aromatic carbocycles. The molecule has 0 aromatic rings. The Morgan fingerprint density at radius 2 is 1.59 bits per heavy atom. The van der Waals surface area contributed by atoms with E-state index in [1.807, 2.05) is 27.7 Å². The van der Waals surface area contributed by atoms with Gasteiger partial charge in [-0.3, -0.25) is 0 Å². The number of nitrogens with one attached hydrogen (secondary N) is 1. The van der Waals surface area contributed by atoms with E-state index >= 15 is 0 Å². The number of allylic oxidation sites excluding steroid dienone is 1. The highest BCUT2D eigenvalue weighted by atomic mass is 16.6. The van der Waals surface area contributed by atoms with Crippen molar-refractivity contribution in [3.63, 3.8) is 0 Å². The van der Waals surface area contributed by atoms with Crippen LogP contribution in [0.25, 0.3) is 0 Å². The van der Waals surface area contributed by atoms with Crippen LogP contribution in [-0.2, 0) is 9.47 Å². The van der Waals surface area contributed by atoms with Crippen LogP contribution < -0.4 is 5.32 Å². The topological polar surface area (TPSA) is 71.3 Å². The minimum atomic E-state index is -0.879. The second-order valence-electron chi connectivity index (χ2n) is 7.94. The molecule has 0 radical (unpaired) electrons. The smallest absolute Gasteiger partial charge is 0.408 e. The Morgan fingerprint density at radius 1 is 1.09 bits per heavy atom. The first-order chi connectivity index (χ1) is 9.86. The highest BCUT2D eigenvalue weighted by Gasteiger charge is 2.40. The monoisotopic (exact) mass is 308 g/mol. The van der Waals surface area contributed by atoms with Gasteiger partial charge in [-0.05, 0) is 66.9 Å². The summed E-state index contributed by atoms with van der Waals surface area (Å²) in [6, 6.07) is 2.14. The minimum Gasteiger partial charge on any atom is -0.490 e. The molecule has 1 unspecified atom stereocenters. The van der Waals surface area contributed by atoms with E-state index in [-0.39, 0.29) is 6.42 Å². The fourth-order valence-corrected chi connectivity index (χ4v) is 2.04. The van der Waals surface area contributed by atoms with E-state index < -0.39 is 22.8 Å². The van der Waals surface area contributed by atoms with Crippen LogP contribution in [0, 0.1) is 11.3 Å². The number of nitrogens with zero attached hydrogens (tertiary/aromatic N) is 1. The molecule has 0 aliphatic heterocycles. The summed E-state index contributed by atoms with van der Waals surface area (Å²) in [6.07, 6.45) is 1.48. The van der Waals surface area contributed by atoms with Gasteiger partial charge in [0.15, 0.2) is 0 Å². The Hall–Kier alpha value is -1.70. The number of alkyl carbamates (subject to hydrolysis) is 1. The normalized spacial score (nSPS) is 17.1. The first-order valence-electron chi connectivity index (χ1n) is 7.66. The number of carbonyl (C=O) groups is 1. The lowest BCUT2D eigenvalue weighted by Crippen LogP contribution is -2.50. The highest BCUT2D eigenvalue weighted by molar-refractivity contribution is 5.69. The van der Waals surface area contributed by atoms with Crippen LogP contribution in [-0.4, -0.2) is 22.8 Å². The molecule has 1 aliphatic rings. The fourth-order valence-electron chi connectivity index (χ4n) is 2.04. The number of nitriles is 1. The Morgan fingerprint density at radius 3 is 1.95 bits per heavy atom. The summed E-state index contributed by atoms with van der Waals surface area (Å²) in [5.74, 6) is 0.701. The molecular formula is C17H28N2O3. The van der Waals surface area contributed by atoms with Crippen molar-refractivity contribution in [1.29, 1.82) is 5.26 Å². The molecule has 1 N–H and O–H groups in total. The average Bonchev–Trinajstić information content (AvgIpc) is 3.05. The van der Waals surface area contributed by atoms with E-state index in [2.05, 4.69) is 11.4 Å². The molecule has 1 aliphatic carbocycles. The largest absolute Gasteiger partial charge is 0.490 e. The molecule has 0 saturated heterocycles. The zero-order chi connectivity index (χ0) is 17.2. The summed E-state index contributed by atoms with van der Waals surface area (Å²) in [5, 5.41) is 12.0. The fraction of sp³-hybridized carbons (Fsp3) is 0.765. The third-order valence-corrected chi connectivity index (χ3v) is 2.94. The molecule has 1 saturated carbocycles. The van der Waals surface area contributed by atoms with Crippen LogP contribution in [0.3, 0.4) is 0 Å². The molecule has 0 aromatic heterocycles. The van der Waals surface area contributed by atoms with Gasteiger partial charge in [-0.1, -0.05) is 0 Å². The van der Waals surface area contributed by atoms with Gasteiger partial charge in [-0.25, -0.2) is 4.79 Å². The van der Waals surface area contributed by atoms with Crippen LogP contribution >= 0.6 is 0 Å². The molecule has 1 atom stereocenters. The molecule has 1 rings (SSSR count). The molecule has 124 valence electrons. The molecule has 0 spiro atoms. The lowest BCUT2D eigenvalue weighted by molar-refractivity contribution is 0.0143. The van der Waals surface area contributed by atoms with Crippen molar-refractivity contribution in [2.24, 2.45) is 0 Å². The Labute approximate surface area is 133 Å². The van der Waals surface area contributed by atoms with Crippen molar-refractivity contribution >= 4 is 6.09 Å². The predicted octanol–water partition coefficient (Wildman–Crippen LogP) is 4.05. The number of ether oxygens (including phenoxy) is 2. The first-order valence-corrected chi connectivity index (χ1v) is 7.66. The van der Waals surface area contributed by atoms with Gasteiger partial charge < -0.3 is 14.8 Å². The second kappa shape index (κ2) is 6.20. The highest BCUT2D eigenvalue weighted by Crippen LogP contribution is 2.40. The maximum absolute atomic E-state index is 12.1. The van der Waals surface area contributed by atoms with Gasteiger partial charge in [0.25, 0.3) is 0 Å². The van der Waals surface area contributed by atoms with E-state index in [0.29, 0.717) is 5.76 Å². The van der Waals surface area contributed by atoms with Crippen molar-refractivity contribution < 1.29 is 14.3 Å². The van der Waals surface area contributed by atoms with Gasteiger partial charge in [0.05, 0.1) is 12.5 Å². The molecule has 22 heavy (non-hydrogen) atoms. The van der Waals surface area contributed by atoms with E-state index in [1.165, 1.54) is 0 Å². The zero-order valence-corrected chi connectivity index (χ0v) is 14.8. The SMILES string of the molecule is CC(C)(C)OC(=O)NC(C)(CC#N)C(OC(C)(C)C)=C1CC1. The molecular weight excluding hydrogens is 280 g/mol. The van der Waals surface area contributed by atoms with Crippen LogP contribution in [0.5, 0.6) is 0 Å². The van der Waals surface area contributed by atoms with Gasteiger partial charge in [-0.2, -0.15) is 5.26 Å². The summed E-state index contributed by atoms with van der Waals surface area (Å²) in [4.78, 5) is 12.1. The zero-order valence-electron chi connectivity index (χ0n) is 14.8. The Kier molecular flexibility index (Phi) is 5.17. The molecule has 5 heteroatoms. The van der Waals surface area contributed by atoms with Gasteiger partial charge in [-0.15, -0.1) is 0 Å². The number of hydrogen-bond donors (Lipinski definition) is 1. The Bertz CT molecular complexity index is 497. The average molecular weight is 308 g/mol. The van der Waals surface area contributed by atoms with Gasteiger partial charge in [0.1, 0.15) is 22.5 Å². The van der Waals surface area contributed by atoms with Gasteiger partial charge in [0.2, 0.25) is 0 Å². The summed E-state index contributed by atoms with van der Waals surface area (Å²) >= 11 is 0. The third-order valence-electron chi connectivity index (χ3n) is 2.94. The third kappa shape index (κ3) is 5.97. The lowest BCUT2D eigenvalue weighted by atomic mass is 9.94. The standard InChI is InChI=1S/C17H28N2O3/c1-15(2,3)21-13(12-8-9-12)17(7,10-11-18)19-14(20)22-16(4,5)6/h8-10H2,1-7H3,(H,19,20). The van der Waals surface area contributed by atoms with Crippen molar-refractivity contribution in [3.8, 4) is 6.07 Å². The molecule has 5 nitrogen and oxygen atoms in total. The van der Waals surface area contributed by atoms with Crippen molar-refractivity contribution in [3.05, 3.63) is 11.3 Å². The molecule has 0 bridgehead atoms. The van der Waals surface area contributed by atoms with Gasteiger partial charge in [0, 0.05) is 0 Å². The number of rotatable bonds is 4. The quantitative estimate of drug-likeness (QED) is 0.795. The van der Waals surface area contributed by atoms with Crippen LogP contribution in [0.4, 0.5) is 4.79 Å². The molecule has 0 heterocycles. The summed E-state index contributed by atoms with van der Waals surface area (Å²) < 4.78 is 11.4. The maximum atomic E-state index is 12.1. The number of amides is 1. The molecule has 1 fully saturated rings. The van der Waals surface area contributed by atoms with Crippen LogP contribution in [0.15, 0.2) is 11.3 Å². The molecule has 1 amide bonds. The lowest BCUT2D eigenvalue weighted by Gasteiger charge is -2.36. The maximum Gasteiger partial charge on any atom is 0.408 e. The Balaban J connectivity index is 3.01. The van der Waals surface area contributed by atoms with E-state index in [4.69, 9.17) is 9.47 Å². The minimum absolute atomic E-state index is 0.126. The van der Waals surface area contributed by atoms with E-state index in [1.54, 1.807) is 20.8 Å². The van der Waals surface area contributed by atoms with Gasteiger partial charge >= 0.3 is 6.09 Å². The number of carbonyl (C=O) groups excluding carboxylic acids is 1. The summed E-state index contributed by atoms with van der Waals surface area (Å²) in [6.45, 7) is 13.1. The van der Waals surface area contributed by atoms with E-state index in [9.17, 15) is 10.1 Å². The summed E-state index contributed by atoms with van der Waals surface area (Å²) in [7, 11) is 0. The van der Waals surface area contributed by atoms with Crippen molar-refractivity contribution in [2.75, 3.05) is 0 Å². The van der Waals surface area contributed by atoms with E-state index in [0.717, 1.165) is 18.4 Å². The first kappa shape index (κ1) is 18.3. The second-order valence-corrected chi connectivity index (χ2v) is 7.94. The predicted molar refractivity (Wildman–Crippen MR) is 85.1 cm³/mol. The van der Waals surface area contributed by atoms with Crippen LogP contribution in [0.1, 0.15) is 67.7 Å². The van der Waals surface area contributed by atoms with Crippen molar-refractivity contribution in [2.45, 2.75) is 84.5 Å². The summed E-state index contributed by atoms with van der Waals surface area (Å²) in [5.41, 5.74) is -0.702.